The summed E-state index contributed by atoms with van der Waals surface area (Å²) in [5, 5.41) is 28.1. The Labute approximate surface area is 348 Å². The second-order valence-electron chi connectivity index (χ2n) is 14.9. The summed E-state index contributed by atoms with van der Waals surface area (Å²) in [6, 6.07) is 12.1. The van der Waals surface area contributed by atoms with Crippen molar-refractivity contribution in [3.63, 3.8) is 0 Å². The van der Waals surface area contributed by atoms with Crippen molar-refractivity contribution in [1.29, 1.82) is 0 Å². The van der Waals surface area contributed by atoms with E-state index in [9.17, 15) is 32.8 Å². The standard InChI is InChI=1S/C33H37F4N9O3S.C6H13N.C2H6/c1-32(2,47)21-44-20-22(18-39-44)30-27(33(35,36)37)19-38-31(41-30)40-23-3-6-26(7-4-23)50-45-11-9-24(10-12-45)42-13-15-43(16-14-42)29-8-5-25(46(48)49)17-28(29)34;1-3-4-5-6(2)7;1-2/h3-8,17-20,24,47H,9-16,21H2,1-2H3,(H,38,40,41);3,6H,1,4-5,7H2,2H3;1-2H3. The van der Waals surface area contributed by atoms with Crippen molar-refractivity contribution < 1.29 is 27.6 Å². The molecule has 4 N–H and O–H groups in total. The van der Waals surface area contributed by atoms with Crippen molar-refractivity contribution in [3.8, 4) is 11.3 Å². The molecule has 2 aromatic carbocycles. The Bertz CT molecular complexity index is 1940. The number of hydrogen-bond donors (Lipinski definition) is 3. The molecular weight excluding hydrogens is 789 g/mol. The first-order chi connectivity index (χ1) is 28.0. The van der Waals surface area contributed by atoms with Crippen LogP contribution in [0.1, 0.15) is 65.9 Å². The second-order valence-corrected chi connectivity index (χ2v) is 16.0. The molecule has 2 aromatic heterocycles. The van der Waals surface area contributed by atoms with Gasteiger partial charge in [0.25, 0.3) is 5.69 Å². The van der Waals surface area contributed by atoms with E-state index in [0.717, 1.165) is 69.0 Å². The van der Waals surface area contributed by atoms with Crippen LogP contribution in [0.2, 0.25) is 0 Å². The molecule has 59 heavy (non-hydrogen) atoms. The fourth-order valence-electron chi connectivity index (χ4n) is 6.59. The van der Waals surface area contributed by atoms with E-state index in [0.29, 0.717) is 36.5 Å². The third kappa shape index (κ3) is 14.3. The van der Waals surface area contributed by atoms with Crippen molar-refractivity contribution in [1.82, 2.24) is 29.0 Å². The zero-order valence-corrected chi connectivity index (χ0v) is 35.1. The summed E-state index contributed by atoms with van der Waals surface area (Å²) in [7, 11) is 0. The average Bonchev–Trinajstić information content (AvgIpc) is 3.66. The Balaban J connectivity index is 0.000000774. The highest BCUT2D eigenvalue weighted by atomic mass is 32.2. The van der Waals surface area contributed by atoms with Gasteiger partial charge in [0.15, 0.2) is 5.82 Å². The number of nitro benzene ring substituents is 1. The average molecular weight is 845 g/mol. The largest absolute Gasteiger partial charge is 0.419 e. The van der Waals surface area contributed by atoms with Gasteiger partial charge in [-0.25, -0.2) is 18.7 Å². The maximum absolute atomic E-state index is 14.5. The summed E-state index contributed by atoms with van der Waals surface area (Å²) in [6.07, 6.45) is 4.75. The van der Waals surface area contributed by atoms with Crippen LogP contribution in [-0.2, 0) is 12.7 Å². The fourth-order valence-corrected chi connectivity index (χ4v) is 7.54. The molecule has 1 unspecified atom stereocenters. The van der Waals surface area contributed by atoms with E-state index in [1.54, 1.807) is 25.8 Å². The lowest BCUT2D eigenvalue weighted by atomic mass is 10.0. The highest BCUT2D eigenvalue weighted by Crippen LogP contribution is 2.37. The van der Waals surface area contributed by atoms with Gasteiger partial charge in [0.2, 0.25) is 5.95 Å². The molecule has 0 bridgehead atoms. The lowest BCUT2D eigenvalue weighted by molar-refractivity contribution is -0.385. The van der Waals surface area contributed by atoms with Crippen molar-refractivity contribution in [2.75, 3.05) is 49.5 Å². The zero-order valence-electron chi connectivity index (χ0n) is 34.3. The van der Waals surface area contributed by atoms with Gasteiger partial charge in [-0.3, -0.25) is 19.7 Å². The molecule has 13 nitrogen and oxygen atoms in total. The van der Waals surface area contributed by atoms with Crippen LogP contribution in [0.3, 0.4) is 0 Å². The van der Waals surface area contributed by atoms with Gasteiger partial charge in [-0.15, -0.1) is 6.58 Å². The van der Waals surface area contributed by atoms with Gasteiger partial charge in [0.05, 0.1) is 40.7 Å². The van der Waals surface area contributed by atoms with E-state index in [1.165, 1.54) is 29.2 Å². The molecule has 4 heterocycles. The number of nitro groups is 1. The van der Waals surface area contributed by atoms with Crippen LogP contribution in [0.15, 0.2) is 78.6 Å². The van der Waals surface area contributed by atoms with Crippen LogP contribution in [0.5, 0.6) is 0 Å². The van der Waals surface area contributed by atoms with Crippen molar-refractivity contribution in [3.05, 3.63) is 95.2 Å². The topological polar surface area (TPSA) is 155 Å². The molecule has 2 saturated heterocycles. The number of piperazine rings is 1. The van der Waals surface area contributed by atoms with Crippen LogP contribution in [0.25, 0.3) is 11.3 Å². The highest BCUT2D eigenvalue weighted by Gasteiger charge is 2.36. The Morgan fingerprint density at radius 2 is 1.73 bits per heavy atom. The summed E-state index contributed by atoms with van der Waals surface area (Å²) in [6.45, 7) is 17.5. The van der Waals surface area contributed by atoms with Gasteiger partial charge in [0.1, 0.15) is 5.56 Å². The summed E-state index contributed by atoms with van der Waals surface area (Å²) >= 11 is 1.65. The first-order valence-corrected chi connectivity index (χ1v) is 20.6. The molecule has 0 amide bonds. The number of aliphatic hydroxyl groups is 1. The predicted molar refractivity (Wildman–Crippen MR) is 226 cm³/mol. The van der Waals surface area contributed by atoms with E-state index in [1.807, 2.05) is 56.0 Å². The number of aromatic nitrogens is 4. The Morgan fingerprint density at radius 3 is 2.27 bits per heavy atom. The number of hydrogen-bond acceptors (Lipinski definition) is 12. The number of allylic oxidation sites excluding steroid dienone is 1. The smallest absolute Gasteiger partial charge is 0.389 e. The lowest BCUT2D eigenvalue weighted by Gasteiger charge is -2.43. The summed E-state index contributed by atoms with van der Waals surface area (Å²) < 4.78 is 59.7. The van der Waals surface area contributed by atoms with Crippen LogP contribution in [-0.4, -0.2) is 95.9 Å². The van der Waals surface area contributed by atoms with Gasteiger partial charge >= 0.3 is 6.18 Å². The molecular formula is C41H56F4N10O3S. The number of nitrogens with one attached hydrogen (secondary N) is 1. The molecule has 2 fully saturated rings. The van der Waals surface area contributed by atoms with E-state index < -0.39 is 28.1 Å². The number of piperidine rings is 1. The number of halogens is 4. The minimum absolute atomic E-state index is 0.00410. The molecule has 0 spiro atoms. The number of nitrogens with zero attached hydrogens (tertiary/aromatic N) is 8. The zero-order chi connectivity index (χ0) is 43.3. The first-order valence-electron chi connectivity index (χ1n) is 19.8. The second kappa shape index (κ2) is 21.6. The van der Waals surface area contributed by atoms with Crippen molar-refractivity contribution in [2.24, 2.45) is 5.73 Å². The van der Waals surface area contributed by atoms with Crippen LogP contribution >= 0.6 is 11.9 Å². The summed E-state index contributed by atoms with van der Waals surface area (Å²) in [5.41, 5.74) is 3.94. The molecule has 2 aliphatic rings. The number of anilines is 3. The van der Waals surface area contributed by atoms with Crippen LogP contribution in [0, 0.1) is 15.9 Å². The van der Waals surface area contributed by atoms with E-state index >= 15 is 0 Å². The van der Waals surface area contributed by atoms with Gasteiger partial charge < -0.3 is 21.1 Å². The lowest BCUT2D eigenvalue weighted by Crippen LogP contribution is -2.52. The third-order valence-corrected chi connectivity index (χ3v) is 10.6. The molecule has 0 radical (unpaired) electrons. The Hall–Kier alpha value is -4.62. The van der Waals surface area contributed by atoms with Gasteiger partial charge in [-0.1, -0.05) is 19.9 Å². The van der Waals surface area contributed by atoms with Crippen molar-refractivity contribution >= 4 is 35.0 Å². The normalized spacial score (nSPS) is 16.0. The number of benzene rings is 2. The third-order valence-electron chi connectivity index (χ3n) is 9.46. The Kier molecular flexibility index (Phi) is 17.2. The summed E-state index contributed by atoms with van der Waals surface area (Å²) in [5.74, 6) is -0.572. The molecule has 0 aliphatic carbocycles. The highest BCUT2D eigenvalue weighted by molar-refractivity contribution is 7.97. The van der Waals surface area contributed by atoms with Crippen LogP contribution < -0.4 is 16.0 Å². The molecule has 18 heteroatoms. The maximum Gasteiger partial charge on any atom is 0.419 e. The summed E-state index contributed by atoms with van der Waals surface area (Å²) in [4.78, 5) is 23.9. The quantitative estimate of drug-likeness (QED) is 0.0389. The molecule has 0 saturated carbocycles. The minimum atomic E-state index is -4.67. The van der Waals surface area contributed by atoms with Gasteiger partial charge in [0, 0.05) is 86.0 Å². The first kappa shape index (κ1) is 47.1. The maximum atomic E-state index is 14.5. The monoisotopic (exact) mass is 844 g/mol. The van der Waals surface area contributed by atoms with Gasteiger partial charge in [-0.2, -0.15) is 18.3 Å². The predicted octanol–water partition coefficient (Wildman–Crippen LogP) is 8.54. The molecule has 2 aliphatic heterocycles. The van der Waals surface area contributed by atoms with E-state index in [-0.39, 0.29) is 29.4 Å². The van der Waals surface area contributed by atoms with E-state index in [4.69, 9.17) is 5.73 Å². The molecule has 322 valence electrons. The number of rotatable bonds is 13. The fraction of sp³-hybridized carbons (Fsp3) is 0.488. The van der Waals surface area contributed by atoms with Crippen LogP contribution in [0.4, 0.5) is 40.6 Å². The number of alkyl halides is 3. The number of non-ortho nitro benzene ring substituents is 1. The molecule has 1 atom stereocenters. The SMILES string of the molecule is C=CCCC(C)N.CC.CC(C)(O)Cn1cc(-c2nc(Nc3ccc(SN4CCC(N5CCN(c6ccc([N+](=O)[O-])cc6F)CC5)CC4)cc3)ncc2C(F)(F)F)cn1. The Morgan fingerprint density at radius 1 is 1.07 bits per heavy atom. The number of nitrogens with two attached hydrogens (primary N) is 1. The molecule has 4 aromatic rings. The molecule has 6 rings (SSSR count). The minimum Gasteiger partial charge on any atom is -0.389 e. The van der Waals surface area contributed by atoms with Crippen molar-refractivity contribution in [2.45, 2.75) is 95.6 Å². The van der Waals surface area contributed by atoms with E-state index in [2.05, 4.69) is 36.2 Å². The van der Waals surface area contributed by atoms with Gasteiger partial charge in [-0.05, 0) is 88.7 Å².